The van der Waals surface area contributed by atoms with Crippen LogP contribution in [0.1, 0.15) is 10.4 Å². The van der Waals surface area contributed by atoms with Crippen LogP contribution in [-0.4, -0.2) is 17.3 Å². The predicted molar refractivity (Wildman–Crippen MR) is 63.5 cm³/mol. The van der Waals surface area contributed by atoms with E-state index in [1.165, 1.54) is 0 Å². The first-order valence-corrected chi connectivity index (χ1v) is 5.08. The molecule has 0 aliphatic rings. The second-order valence-corrected chi connectivity index (χ2v) is 3.38. The van der Waals surface area contributed by atoms with Gasteiger partial charge in [0.1, 0.15) is 0 Å². The molecule has 0 saturated heterocycles. The standard InChI is InChI=1S/C13H12N2O/c16-13(11-6-8-14-9-7-11)10-15-12-4-2-1-3-5-12/h1-9,15H,10H2. The van der Waals surface area contributed by atoms with Crippen LogP contribution in [-0.2, 0) is 0 Å². The molecule has 0 saturated carbocycles. The molecule has 1 aromatic carbocycles. The first-order chi connectivity index (χ1) is 7.86. The molecule has 2 rings (SSSR count). The Morgan fingerprint density at radius 2 is 1.75 bits per heavy atom. The molecule has 0 unspecified atom stereocenters. The molecule has 0 aliphatic carbocycles. The maximum atomic E-state index is 11.7. The zero-order valence-electron chi connectivity index (χ0n) is 8.76. The number of aromatic nitrogens is 1. The molecule has 1 aromatic heterocycles. The smallest absolute Gasteiger partial charge is 0.181 e. The van der Waals surface area contributed by atoms with Crippen LogP contribution in [0, 0.1) is 0 Å². The first-order valence-electron chi connectivity index (χ1n) is 5.08. The lowest BCUT2D eigenvalue weighted by Gasteiger charge is -2.04. The number of pyridine rings is 1. The number of rotatable bonds is 4. The molecular weight excluding hydrogens is 200 g/mol. The molecule has 16 heavy (non-hydrogen) atoms. The van der Waals surface area contributed by atoms with E-state index >= 15 is 0 Å². The molecule has 0 spiro atoms. The van der Waals surface area contributed by atoms with Gasteiger partial charge in [-0.15, -0.1) is 0 Å². The average Bonchev–Trinajstić information content (AvgIpc) is 2.38. The van der Waals surface area contributed by atoms with Gasteiger partial charge in [0, 0.05) is 23.6 Å². The van der Waals surface area contributed by atoms with Crippen LogP contribution >= 0.6 is 0 Å². The summed E-state index contributed by atoms with van der Waals surface area (Å²) in [7, 11) is 0. The number of carbonyl (C=O) groups excluding carboxylic acids is 1. The Labute approximate surface area is 94.1 Å². The van der Waals surface area contributed by atoms with Crippen LogP contribution in [0.5, 0.6) is 0 Å². The molecule has 0 fully saturated rings. The van der Waals surface area contributed by atoms with Gasteiger partial charge in [0.05, 0.1) is 6.54 Å². The van der Waals surface area contributed by atoms with Gasteiger partial charge >= 0.3 is 0 Å². The number of nitrogens with one attached hydrogen (secondary N) is 1. The fourth-order valence-electron chi connectivity index (χ4n) is 1.38. The van der Waals surface area contributed by atoms with E-state index in [1.807, 2.05) is 30.3 Å². The topological polar surface area (TPSA) is 42.0 Å². The van der Waals surface area contributed by atoms with Gasteiger partial charge in [0.2, 0.25) is 0 Å². The van der Waals surface area contributed by atoms with Crippen molar-refractivity contribution < 1.29 is 4.79 Å². The van der Waals surface area contributed by atoms with Crippen LogP contribution in [0.2, 0.25) is 0 Å². The largest absolute Gasteiger partial charge is 0.378 e. The Kier molecular flexibility index (Phi) is 3.28. The summed E-state index contributed by atoms with van der Waals surface area (Å²) in [6.45, 7) is 0.300. The summed E-state index contributed by atoms with van der Waals surface area (Å²) in [5, 5.41) is 3.07. The number of hydrogen-bond donors (Lipinski definition) is 1. The fraction of sp³-hybridized carbons (Fsp3) is 0.0769. The third-order valence-electron chi connectivity index (χ3n) is 2.23. The van der Waals surface area contributed by atoms with Gasteiger partial charge in [0.25, 0.3) is 0 Å². The molecular formula is C13H12N2O. The van der Waals surface area contributed by atoms with Gasteiger partial charge in [-0.3, -0.25) is 9.78 Å². The number of carbonyl (C=O) groups is 1. The SMILES string of the molecule is O=C(CNc1ccccc1)c1ccncc1. The fourth-order valence-corrected chi connectivity index (χ4v) is 1.38. The minimum absolute atomic E-state index is 0.0613. The number of anilines is 1. The van der Waals surface area contributed by atoms with Crippen molar-refractivity contribution in [3.63, 3.8) is 0 Å². The van der Waals surface area contributed by atoms with Gasteiger partial charge in [-0.2, -0.15) is 0 Å². The first kappa shape index (κ1) is 10.4. The van der Waals surface area contributed by atoms with Gasteiger partial charge in [-0.1, -0.05) is 18.2 Å². The van der Waals surface area contributed by atoms with Gasteiger partial charge in [0.15, 0.2) is 5.78 Å². The molecule has 1 heterocycles. The highest BCUT2D eigenvalue weighted by Gasteiger charge is 2.03. The summed E-state index contributed by atoms with van der Waals surface area (Å²) in [5.41, 5.74) is 1.63. The van der Waals surface area contributed by atoms with Crippen molar-refractivity contribution in [2.75, 3.05) is 11.9 Å². The van der Waals surface area contributed by atoms with E-state index < -0.39 is 0 Å². The van der Waals surface area contributed by atoms with Crippen molar-refractivity contribution in [2.45, 2.75) is 0 Å². The molecule has 0 radical (unpaired) electrons. The molecule has 3 nitrogen and oxygen atoms in total. The molecule has 3 heteroatoms. The number of para-hydroxylation sites is 1. The van der Waals surface area contributed by atoms with Crippen molar-refractivity contribution >= 4 is 11.5 Å². The average molecular weight is 212 g/mol. The Morgan fingerprint density at radius 1 is 1.06 bits per heavy atom. The van der Waals surface area contributed by atoms with Crippen molar-refractivity contribution in [2.24, 2.45) is 0 Å². The van der Waals surface area contributed by atoms with Crippen LogP contribution in [0.15, 0.2) is 54.9 Å². The zero-order valence-corrected chi connectivity index (χ0v) is 8.76. The number of ketones is 1. The Balaban J connectivity index is 1.95. The lowest BCUT2D eigenvalue weighted by atomic mass is 10.2. The summed E-state index contributed by atoms with van der Waals surface area (Å²) >= 11 is 0. The van der Waals surface area contributed by atoms with Crippen molar-refractivity contribution in [3.8, 4) is 0 Å². The summed E-state index contributed by atoms with van der Waals surface area (Å²) in [6.07, 6.45) is 3.24. The van der Waals surface area contributed by atoms with Crippen LogP contribution in [0.3, 0.4) is 0 Å². The molecule has 0 aliphatic heterocycles. The predicted octanol–water partition coefficient (Wildman–Crippen LogP) is 2.38. The van der Waals surface area contributed by atoms with Gasteiger partial charge in [-0.05, 0) is 24.3 Å². The Hall–Kier alpha value is -2.16. The van der Waals surface area contributed by atoms with E-state index in [1.54, 1.807) is 24.5 Å². The minimum atomic E-state index is 0.0613. The lowest BCUT2D eigenvalue weighted by Crippen LogP contribution is -2.13. The van der Waals surface area contributed by atoms with Crippen molar-refractivity contribution in [3.05, 3.63) is 60.4 Å². The van der Waals surface area contributed by atoms with Gasteiger partial charge < -0.3 is 5.32 Å². The van der Waals surface area contributed by atoms with E-state index in [4.69, 9.17) is 0 Å². The molecule has 2 aromatic rings. The normalized spacial score (nSPS) is 9.75. The Morgan fingerprint density at radius 3 is 2.44 bits per heavy atom. The third-order valence-corrected chi connectivity index (χ3v) is 2.23. The maximum Gasteiger partial charge on any atom is 0.181 e. The molecule has 0 atom stereocenters. The van der Waals surface area contributed by atoms with E-state index in [2.05, 4.69) is 10.3 Å². The number of benzene rings is 1. The summed E-state index contributed by atoms with van der Waals surface area (Å²) in [4.78, 5) is 15.6. The number of Topliss-reactive ketones (excluding diaryl/α,β-unsaturated/α-hetero) is 1. The van der Waals surface area contributed by atoms with Crippen molar-refractivity contribution in [1.29, 1.82) is 0 Å². The number of hydrogen-bond acceptors (Lipinski definition) is 3. The highest BCUT2D eigenvalue weighted by Crippen LogP contribution is 2.05. The van der Waals surface area contributed by atoms with Crippen LogP contribution in [0.4, 0.5) is 5.69 Å². The summed E-state index contributed by atoms with van der Waals surface area (Å²) in [6, 6.07) is 13.1. The van der Waals surface area contributed by atoms with Crippen LogP contribution in [0.25, 0.3) is 0 Å². The third kappa shape index (κ3) is 2.67. The molecule has 1 N–H and O–H groups in total. The lowest BCUT2D eigenvalue weighted by molar-refractivity contribution is 0.101. The highest BCUT2D eigenvalue weighted by molar-refractivity contribution is 5.98. The second kappa shape index (κ2) is 5.07. The molecule has 80 valence electrons. The molecule has 0 amide bonds. The van der Waals surface area contributed by atoms with E-state index in [0.717, 1.165) is 5.69 Å². The van der Waals surface area contributed by atoms with E-state index in [-0.39, 0.29) is 5.78 Å². The minimum Gasteiger partial charge on any atom is -0.378 e. The van der Waals surface area contributed by atoms with Gasteiger partial charge in [-0.25, -0.2) is 0 Å². The highest BCUT2D eigenvalue weighted by atomic mass is 16.1. The second-order valence-electron chi connectivity index (χ2n) is 3.38. The Bertz CT molecular complexity index is 454. The summed E-state index contributed by atoms with van der Waals surface area (Å²) < 4.78 is 0. The van der Waals surface area contributed by atoms with E-state index in [0.29, 0.717) is 12.1 Å². The van der Waals surface area contributed by atoms with Crippen LogP contribution < -0.4 is 5.32 Å². The van der Waals surface area contributed by atoms with Crippen molar-refractivity contribution in [1.82, 2.24) is 4.98 Å². The van der Waals surface area contributed by atoms with E-state index in [9.17, 15) is 4.79 Å². The monoisotopic (exact) mass is 212 g/mol. The quantitative estimate of drug-likeness (QED) is 0.791. The molecule has 0 bridgehead atoms. The number of nitrogens with zero attached hydrogens (tertiary/aromatic N) is 1. The zero-order chi connectivity index (χ0) is 11.2. The maximum absolute atomic E-state index is 11.7. The summed E-state index contributed by atoms with van der Waals surface area (Å²) in [5.74, 6) is 0.0613.